The van der Waals surface area contributed by atoms with Crippen LogP contribution in [0.5, 0.6) is 0 Å². The van der Waals surface area contributed by atoms with Crippen molar-refractivity contribution in [1.82, 2.24) is 4.90 Å². The second kappa shape index (κ2) is 6.48. The summed E-state index contributed by atoms with van der Waals surface area (Å²) in [4.78, 5) is 13.9. The van der Waals surface area contributed by atoms with Gasteiger partial charge >= 0.3 is 6.09 Å². The predicted molar refractivity (Wildman–Crippen MR) is 82.2 cm³/mol. The second-order valence-corrected chi connectivity index (χ2v) is 6.67. The van der Waals surface area contributed by atoms with Crippen molar-refractivity contribution in [2.45, 2.75) is 38.7 Å². The Morgan fingerprint density at radius 1 is 1.33 bits per heavy atom. The minimum Gasteiger partial charge on any atom is -0.444 e. The normalized spacial score (nSPS) is 23.0. The highest BCUT2D eigenvalue weighted by atomic mass is 16.6. The third kappa shape index (κ3) is 4.21. The molecule has 1 saturated heterocycles. The highest BCUT2D eigenvalue weighted by Crippen LogP contribution is 2.33. The quantitative estimate of drug-likeness (QED) is 0.911. The molecule has 4 heteroatoms. The predicted octanol–water partition coefficient (Wildman–Crippen LogP) is 3.02. The zero-order chi connectivity index (χ0) is 15.5. The lowest BCUT2D eigenvalue weighted by Gasteiger charge is -2.38. The van der Waals surface area contributed by atoms with Crippen molar-refractivity contribution in [2.75, 3.05) is 19.7 Å². The Kier molecular flexibility index (Phi) is 4.88. The van der Waals surface area contributed by atoms with Crippen molar-refractivity contribution in [1.29, 1.82) is 0 Å². The third-order valence-corrected chi connectivity index (χ3v) is 3.85. The smallest absolute Gasteiger partial charge is 0.410 e. The summed E-state index contributed by atoms with van der Waals surface area (Å²) in [6.07, 6.45) is 0.571. The summed E-state index contributed by atoms with van der Waals surface area (Å²) in [5, 5.41) is 9.68. The maximum absolute atomic E-state index is 12.1. The van der Waals surface area contributed by atoms with Crippen molar-refractivity contribution in [3.63, 3.8) is 0 Å². The van der Waals surface area contributed by atoms with E-state index in [2.05, 4.69) is 12.1 Å². The van der Waals surface area contributed by atoms with Crippen molar-refractivity contribution in [3.05, 3.63) is 35.9 Å². The average molecular weight is 291 g/mol. The number of carbonyl (C=O) groups is 1. The molecule has 1 aromatic rings. The Morgan fingerprint density at radius 2 is 2.00 bits per heavy atom. The Morgan fingerprint density at radius 3 is 2.57 bits per heavy atom. The molecule has 2 unspecified atom stereocenters. The summed E-state index contributed by atoms with van der Waals surface area (Å²) >= 11 is 0. The Balaban J connectivity index is 2.03. The average Bonchev–Trinajstić information content (AvgIpc) is 2.45. The molecule has 1 heterocycles. The van der Waals surface area contributed by atoms with Gasteiger partial charge in [0.05, 0.1) is 0 Å². The van der Waals surface area contributed by atoms with E-state index in [1.807, 2.05) is 39.0 Å². The minimum atomic E-state index is -0.484. The maximum atomic E-state index is 12.1. The summed E-state index contributed by atoms with van der Waals surface area (Å²) < 4.78 is 5.42. The van der Waals surface area contributed by atoms with Crippen LogP contribution < -0.4 is 0 Å². The van der Waals surface area contributed by atoms with Gasteiger partial charge in [-0.05, 0) is 38.7 Å². The number of aliphatic hydroxyl groups is 1. The van der Waals surface area contributed by atoms with Crippen LogP contribution in [0.3, 0.4) is 0 Å². The van der Waals surface area contributed by atoms with E-state index in [1.165, 1.54) is 5.56 Å². The van der Waals surface area contributed by atoms with E-state index in [-0.39, 0.29) is 18.6 Å². The molecule has 1 N–H and O–H groups in total. The van der Waals surface area contributed by atoms with E-state index in [1.54, 1.807) is 4.90 Å². The highest BCUT2D eigenvalue weighted by Gasteiger charge is 2.33. The van der Waals surface area contributed by atoms with Crippen LogP contribution in [-0.4, -0.2) is 41.4 Å². The number of hydrogen-bond donors (Lipinski definition) is 1. The lowest BCUT2D eigenvalue weighted by Crippen LogP contribution is -2.46. The molecule has 0 radical (unpaired) electrons. The van der Waals surface area contributed by atoms with Gasteiger partial charge in [-0.3, -0.25) is 0 Å². The summed E-state index contributed by atoms with van der Waals surface area (Å²) in [5.74, 6) is 0.364. The van der Waals surface area contributed by atoms with Crippen molar-refractivity contribution >= 4 is 6.09 Å². The molecule has 116 valence electrons. The van der Waals surface area contributed by atoms with Crippen LogP contribution in [0, 0.1) is 5.92 Å². The Hall–Kier alpha value is -1.55. The molecule has 1 fully saturated rings. The molecule has 0 bridgehead atoms. The van der Waals surface area contributed by atoms with Crippen molar-refractivity contribution < 1.29 is 14.6 Å². The first-order chi connectivity index (χ1) is 9.90. The number of amides is 1. The summed E-state index contributed by atoms with van der Waals surface area (Å²) in [6, 6.07) is 10.2. The van der Waals surface area contributed by atoms with E-state index in [4.69, 9.17) is 4.74 Å². The number of piperidine rings is 1. The Labute approximate surface area is 126 Å². The number of aliphatic hydroxyl groups excluding tert-OH is 1. The fraction of sp³-hybridized carbons (Fsp3) is 0.588. The van der Waals surface area contributed by atoms with Crippen LogP contribution in [0.4, 0.5) is 4.79 Å². The van der Waals surface area contributed by atoms with Gasteiger partial charge in [0.25, 0.3) is 0 Å². The van der Waals surface area contributed by atoms with Gasteiger partial charge in [-0.25, -0.2) is 4.79 Å². The fourth-order valence-electron chi connectivity index (χ4n) is 2.85. The van der Waals surface area contributed by atoms with Crippen LogP contribution in [-0.2, 0) is 4.74 Å². The van der Waals surface area contributed by atoms with Gasteiger partial charge in [-0.2, -0.15) is 0 Å². The number of nitrogens with zero attached hydrogens (tertiary/aromatic N) is 1. The lowest BCUT2D eigenvalue weighted by atomic mass is 9.81. The molecule has 0 aromatic heterocycles. The molecule has 2 rings (SSSR count). The van der Waals surface area contributed by atoms with Crippen LogP contribution in [0.1, 0.15) is 38.7 Å². The van der Waals surface area contributed by atoms with E-state index >= 15 is 0 Å². The fourth-order valence-corrected chi connectivity index (χ4v) is 2.85. The summed E-state index contributed by atoms with van der Waals surface area (Å²) in [6.45, 7) is 6.90. The monoisotopic (exact) mass is 291 g/mol. The number of ether oxygens (including phenoxy) is 1. The van der Waals surface area contributed by atoms with Gasteiger partial charge in [-0.15, -0.1) is 0 Å². The van der Waals surface area contributed by atoms with Crippen LogP contribution in [0.2, 0.25) is 0 Å². The van der Waals surface area contributed by atoms with E-state index < -0.39 is 5.60 Å². The second-order valence-electron chi connectivity index (χ2n) is 6.67. The van der Waals surface area contributed by atoms with Gasteiger partial charge in [0.2, 0.25) is 0 Å². The van der Waals surface area contributed by atoms with Gasteiger partial charge < -0.3 is 14.7 Å². The number of benzene rings is 1. The SMILES string of the molecule is CC(C)(C)OC(=O)N1CCC(c2ccccc2)C(CO)C1. The molecule has 21 heavy (non-hydrogen) atoms. The Bertz CT molecular complexity index is 467. The number of hydrogen-bond acceptors (Lipinski definition) is 3. The number of likely N-dealkylation sites (tertiary alicyclic amines) is 1. The zero-order valence-corrected chi connectivity index (χ0v) is 13.1. The summed E-state index contributed by atoms with van der Waals surface area (Å²) in [7, 11) is 0. The first kappa shape index (κ1) is 15.8. The standard InChI is InChI=1S/C17H25NO3/c1-17(2,3)21-16(20)18-10-9-15(14(11-18)12-19)13-7-5-4-6-8-13/h4-8,14-15,19H,9-12H2,1-3H3. The first-order valence-corrected chi connectivity index (χ1v) is 7.54. The molecule has 4 nitrogen and oxygen atoms in total. The molecular formula is C17H25NO3. The summed E-state index contributed by atoms with van der Waals surface area (Å²) in [5.41, 5.74) is 0.752. The molecule has 1 aromatic carbocycles. The molecule has 2 atom stereocenters. The van der Waals surface area contributed by atoms with Gasteiger partial charge in [0, 0.05) is 25.6 Å². The first-order valence-electron chi connectivity index (χ1n) is 7.54. The number of carbonyl (C=O) groups excluding carboxylic acids is 1. The highest BCUT2D eigenvalue weighted by molar-refractivity contribution is 5.68. The molecule has 1 amide bonds. The van der Waals surface area contributed by atoms with Crippen LogP contribution in [0.15, 0.2) is 30.3 Å². The van der Waals surface area contributed by atoms with E-state index in [0.717, 1.165) is 6.42 Å². The van der Waals surface area contributed by atoms with Crippen molar-refractivity contribution in [2.24, 2.45) is 5.92 Å². The molecule has 1 aliphatic heterocycles. The topological polar surface area (TPSA) is 49.8 Å². The zero-order valence-electron chi connectivity index (χ0n) is 13.1. The van der Waals surface area contributed by atoms with Gasteiger partial charge in [-0.1, -0.05) is 30.3 Å². The van der Waals surface area contributed by atoms with E-state index in [0.29, 0.717) is 19.0 Å². The van der Waals surface area contributed by atoms with Crippen LogP contribution >= 0.6 is 0 Å². The van der Waals surface area contributed by atoms with Gasteiger partial charge in [0.15, 0.2) is 0 Å². The lowest BCUT2D eigenvalue weighted by molar-refractivity contribution is 0.0102. The molecular weight excluding hydrogens is 266 g/mol. The molecule has 0 saturated carbocycles. The maximum Gasteiger partial charge on any atom is 0.410 e. The van der Waals surface area contributed by atoms with Crippen LogP contribution in [0.25, 0.3) is 0 Å². The van der Waals surface area contributed by atoms with Gasteiger partial charge in [0.1, 0.15) is 5.60 Å². The molecule has 0 spiro atoms. The molecule has 0 aliphatic carbocycles. The largest absolute Gasteiger partial charge is 0.444 e. The van der Waals surface area contributed by atoms with Crippen molar-refractivity contribution in [3.8, 4) is 0 Å². The minimum absolute atomic E-state index is 0.0636. The number of rotatable bonds is 2. The molecule has 1 aliphatic rings. The third-order valence-electron chi connectivity index (χ3n) is 3.85. The van der Waals surface area contributed by atoms with E-state index in [9.17, 15) is 9.90 Å².